The molecule has 1 saturated carbocycles. The first-order valence-electron chi connectivity index (χ1n) is 4.92. The van der Waals surface area contributed by atoms with Gasteiger partial charge in [0.15, 0.2) is 0 Å². The lowest BCUT2D eigenvalue weighted by atomic mass is 10.3. The Morgan fingerprint density at radius 3 is 2.25 bits per heavy atom. The Balaban J connectivity index is 1.69. The molecule has 0 unspecified atom stereocenters. The molecule has 1 aliphatic carbocycles. The van der Waals surface area contributed by atoms with Crippen LogP contribution < -0.4 is 0 Å². The Hall–Kier alpha value is 0.210. The maximum Gasteiger partial charge on any atom is 0.0351 e. The average molecular weight is 189 g/mol. The average Bonchev–Trinajstić information content (AvgIpc) is 2.89. The Kier molecular flexibility index (Phi) is 2.89. The van der Waals surface area contributed by atoms with Crippen molar-refractivity contribution in [3.8, 4) is 0 Å². The molecule has 3 heteroatoms. The third-order valence-electron chi connectivity index (χ3n) is 2.87. The highest BCUT2D eigenvalue weighted by molar-refractivity contribution is 6.18. The lowest BCUT2D eigenvalue weighted by molar-refractivity contribution is 0.132. The molecule has 1 heterocycles. The van der Waals surface area contributed by atoms with E-state index in [1.165, 1.54) is 39.0 Å². The van der Waals surface area contributed by atoms with Crippen molar-refractivity contribution in [2.45, 2.75) is 18.9 Å². The number of hydrogen-bond acceptors (Lipinski definition) is 2. The maximum atomic E-state index is 5.69. The van der Waals surface area contributed by atoms with Crippen LogP contribution in [0.3, 0.4) is 0 Å². The van der Waals surface area contributed by atoms with E-state index in [0.29, 0.717) is 0 Å². The predicted molar refractivity (Wildman–Crippen MR) is 51.8 cm³/mol. The van der Waals surface area contributed by atoms with Crippen LogP contribution >= 0.6 is 11.6 Å². The minimum Gasteiger partial charge on any atom is -0.300 e. The topological polar surface area (TPSA) is 6.48 Å². The molecule has 70 valence electrons. The first kappa shape index (κ1) is 8.79. The Labute approximate surface area is 79.5 Å². The van der Waals surface area contributed by atoms with E-state index in [4.69, 9.17) is 11.6 Å². The number of alkyl halides is 1. The quantitative estimate of drug-likeness (QED) is 0.610. The lowest BCUT2D eigenvalue weighted by Crippen LogP contribution is -2.47. The van der Waals surface area contributed by atoms with E-state index in [2.05, 4.69) is 9.80 Å². The van der Waals surface area contributed by atoms with Crippen molar-refractivity contribution in [1.29, 1.82) is 0 Å². The van der Waals surface area contributed by atoms with Crippen molar-refractivity contribution in [3.05, 3.63) is 0 Å². The SMILES string of the molecule is ClCCN1CCN(C2CC2)CC1. The normalized spacial score (nSPS) is 27.8. The molecule has 2 fully saturated rings. The van der Waals surface area contributed by atoms with E-state index in [-0.39, 0.29) is 0 Å². The van der Waals surface area contributed by atoms with Gasteiger partial charge in [-0.25, -0.2) is 0 Å². The van der Waals surface area contributed by atoms with E-state index >= 15 is 0 Å². The summed E-state index contributed by atoms with van der Waals surface area (Å²) in [5, 5.41) is 0. The monoisotopic (exact) mass is 188 g/mol. The van der Waals surface area contributed by atoms with Crippen molar-refractivity contribution in [3.63, 3.8) is 0 Å². The minimum atomic E-state index is 0.781. The number of hydrogen-bond donors (Lipinski definition) is 0. The molecule has 0 radical (unpaired) electrons. The molecule has 0 bridgehead atoms. The molecule has 0 spiro atoms. The van der Waals surface area contributed by atoms with Gasteiger partial charge in [0, 0.05) is 44.6 Å². The van der Waals surface area contributed by atoms with Crippen LogP contribution in [-0.4, -0.2) is 54.4 Å². The van der Waals surface area contributed by atoms with Gasteiger partial charge in [-0.15, -0.1) is 11.6 Å². The molecule has 0 aromatic carbocycles. The summed E-state index contributed by atoms with van der Waals surface area (Å²) in [5.41, 5.74) is 0. The molecule has 0 atom stereocenters. The molecular formula is C9H17ClN2. The highest BCUT2D eigenvalue weighted by Crippen LogP contribution is 2.27. The first-order valence-corrected chi connectivity index (χ1v) is 5.46. The summed E-state index contributed by atoms with van der Waals surface area (Å²) >= 11 is 5.69. The van der Waals surface area contributed by atoms with E-state index < -0.39 is 0 Å². The third-order valence-corrected chi connectivity index (χ3v) is 3.04. The zero-order chi connectivity index (χ0) is 8.39. The van der Waals surface area contributed by atoms with Crippen LogP contribution in [0.4, 0.5) is 0 Å². The third kappa shape index (κ3) is 2.12. The Bertz CT molecular complexity index is 139. The first-order chi connectivity index (χ1) is 5.90. The van der Waals surface area contributed by atoms with Crippen LogP contribution in [0.25, 0.3) is 0 Å². The van der Waals surface area contributed by atoms with Crippen LogP contribution in [-0.2, 0) is 0 Å². The number of nitrogens with zero attached hydrogens (tertiary/aromatic N) is 2. The number of halogens is 1. The number of piperazine rings is 1. The molecule has 0 aromatic rings. The van der Waals surface area contributed by atoms with Gasteiger partial charge in [0.1, 0.15) is 0 Å². The molecule has 1 saturated heterocycles. The van der Waals surface area contributed by atoms with E-state index in [9.17, 15) is 0 Å². The zero-order valence-corrected chi connectivity index (χ0v) is 8.26. The molecule has 0 N–H and O–H groups in total. The van der Waals surface area contributed by atoms with Gasteiger partial charge < -0.3 is 0 Å². The minimum absolute atomic E-state index is 0.781. The molecular weight excluding hydrogens is 172 g/mol. The summed E-state index contributed by atoms with van der Waals surface area (Å²) in [5.74, 6) is 0.781. The summed E-state index contributed by atoms with van der Waals surface area (Å²) in [6.07, 6.45) is 2.88. The zero-order valence-electron chi connectivity index (χ0n) is 7.51. The van der Waals surface area contributed by atoms with E-state index in [0.717, 1.165) is 18.5 Å². The highest BCUT2D eigenvalue weighted by atomic mass is 35.5. The van der Waals surface area contributed by atoms with Crippen molar-refractivity contribution >= 4 is 11.6 Å². The lowest BCUT2D eigenvalue weighted by Gasteiger charge is -2.34. The van der Waals surface area contributed by atoms with Gasteiger partial charge in [-0.1, -0.05) is 0 Å². The fourth-order valence-electron chi connectivity index (χ4n) is 1.91. The standard InChI is InChI=1S/C9H17ClN2/c10-3-4-11-5-7-12(8-6-11)9-1-2-9/h9H,1-8H2. The van der Waals surface area contributed by atoms with Crippen LogP contribution in [0.15, 0.2) is 0 Å². The molecule has 2 aliphatic rings. The molecule has 0 amide bonds. The van der Waals surface area contributed by atoms with Crippen LogP contribution in [0.1, 0.15) is 12.8 Å². The van der Waals surface area contributed by atoms with Crippen molar-refractivity contribution in [2.75, 3.05) is 38.6 Å². The summed E-state index contributed by atoms with van der Waals surface area (Å²) < 4.78 is 0. The van der Waals surface area contributed by atoms with Crippen LogP contribution in [0.2, 0.25) is 0 Å². The molecule has 1 aliphatic heterocycles. The maximum absolute atomic E-state index is 5.69. The van der Waals surface area contributed by atoms with Gasteiger partial charge in [0.05, 0.1) is 0 Å². The smallest absolute Gasteiger partial charge is 0.0351 e. The van der Waals surface area contributed by atoms with Crippen LogP contribution in [0, 0.1) is 0 Å². The van der Waals surface area contributed by atoms with Crippen molar-refractivity contribution in [2.24, 2.45) is 0 Å². The van der Waals surface area contributed by atoms with Gasteiger partial charge >= 0.3 is 0 Å². The highest BCUT2D eigenvalue weighted by Gasteiger charge is 2.30. The molecule has 2 rings (SSSR count). The van der Waals surface area contributed by atoms with Gasteiger partial charge in [-0.05, 0) is 12.8 Å². The number of rotatable bonds is 3. The Morgan fingerprint density at radius 2 is 1.75 bits per heavy atom. The van der Waals surface area contributed by atoms with Gasteiger partial charge in [-0.2, -0.15) is 0 Å². The van der Waals surface area contributed by atoms with Crippen molar-refractivity contribution < 1.29 is 0 Å². The van der Waals surface area contributed by atoms with Gasteiger partial charge in [0.25, 0.3) is 0 Å². The molecule has 0 aromatic heterocycles. The molecule has 2 nitrogen and oxygen atoms in total. The second kappa shape index (κ2) is 3.95. The summed E-state index contributed by atoms with van der Waals surface area (Å²) in [6, 6.07) is 0.947. The largest absolute Gasteiger partial charge is 0.300 e. The van der Waals surface area contributed by atoms with Crippen LogP contribution in [0.5, 0.6) is 0 Å². The van der Waals surface area contributed by atoms with Crippen molar-refractivity contribution in [1.82, 2.24) is 9.80 Å². The van der Waals surface area contributed by atoms with Gasteiger partial charge in [0.2, 0.25) is 0 Å². The second-order valence-electron chi connectivity index (χ2n) is 3.80. The van der Waals surface area contributed by atoms with E-state index in [1.807, 2.05) is 0 Å². The second-order valence-corrected chi connectivity index (χ2v) is 4.18. The Morgan fingerprint density at radius 1 is 1.08 bits per heavy atom. The fraction of sp³-hybridized carbons (Fsp3) is 1.00. The predicted octanol–water partition coefficient (Wildman–Crippen LogP) is 1.01. The van der Waals surface area contributed by atoms with Gasteiger partial charge in [-0.3, -0.25) is 9.80 Å². The fourth-order valence-corrected chi connectivity index (χ4v) is 2.15. The van der Waals surface area contributed by atoms with E-state index in [1.54, 1.807) is 0 Å². The summed E-state index contributed by atoms with van der Waals surface area (Å²) in [6.45, 7) is 6.05. The summed E-state index contributed by atoms with van der Waals surface area (Å²) in [7, 11) is 0. The summed E-state index contributed by atoms with van der Waals surface area (Å²) in [4.78, 5) is 5.09. The molecule has 12 heavy (non-hydrogen) atoms.